The molecule has 0 fully saturated rings. The summed E-state index contributed by atoms with van der Waals surface area (Å²) >= 11 is 8.79. The van der Waals surface area contributed by atoms with E-state index in [0.717, 1.165) is 0 Å². The molecule has 13 heavy (non-hydrogen) atoms. The van der Waals surface area contributed by atoms with Crippen molar-refractivity contribution in [2.45, 2.75) is 0 Å². The van der Waals surface area contributed by atoms with E-state index in [1.54, 1.807) is 0 Å². The minimum atomic E-state index is -0.539. The number of methoxy groups -OCH3 is 1. The molecule has 0 saturated heterocycles. The summed E-state index contributed by atoms with van der Waals surface area (Å²) in [6, 6.07) is 2.54. The Labute approximate surface area is 88.3 Å². The summed E-state index contributed by atoms with van der Waals surface area (Å²) in [7, 11) is 1.30. The molecule has 0 spiro atoms. The maximum Gasteiger partial charge on any atom is 0.215 e. The van der Waals surface area contributed by atoms with Gasteiger partial charge in [0, 0.05) is 4.47 Å². The van der Waals surface area contributed by atoms with E-state index in [-0.39, 0.29) is 11.5 Å². The monoisotopic (exact) mass is 265 g/mol. The zero-order valence-electron chi connectivity index (χ0n) is 6.70. The predicted octanol–water partition coefficient (Wildman–Crippen LogP) is 3.21. The highest BCUT2D eigenvalue weighted by Gasteiger charge is 2.11. The van der Waals surface area contributed by atoms with Gasteiger partial charge in [-0.1, -0.05) is 11.6 Å². The van der Waals surface area contributed by atoms with Crippen LogP contribution >= 0.6 is 27.5 Å². The summed E-state index contributed by atoms with van der Waals surface area (Å²) in [5.74, 6) is -0.782. The molecule has 5 heteroatoms. The van der Waals surface area contributed by atoms with E-state index in [2.05, 4.69) is 20.7 Å². The summed E-state index contributed by atoms with van der Waals surface area (Å²) in [6.45, 7) is 0. The van der Waals surface area contributed by atoms with Gasteiger partial charge < -0.3 is 4.74 Å². The molecule has 0 saturated carbocycles. The van der Waals surface area contributed by atoms with Crippen LogP contribution in [0.2, 0.25) is 5.02 Å². The number of halogens is 3. The molecule has 1 aromatic rings. The van der Waals surface area contributed by atoms with Gasteiger partial charge in [-0.25, -0.2) is 4.39 Å². The highest BCUT2D eigenvalue weighted by molar-refractivity contribution is 9.10. The van der Waals surface area contributed by atoms with E-state index in [0.29, 0.717) is 9.50 Å². The van der Waals surface area contributed by atoms with E-state index < -0.39 is 5.82 Å². The van der Waals surface area contributed by atoms with E-state index in [1.807, 2.05) is 0 Å². The quantitative estimate of drug-likeness (QED) is 0.472. The first kappa shape index (κ1) is 10.5. The van der Waals surface area contributed by atoms with Crippen LogP contribution < -0.4 is 0 Å². The van der Waals surface area contributed by atoms with Crippen LogP contribution in [0.25, 0.3) is 0 Å². The topological polar surface area (TPSA) is 33.1 Å². The molecule has 2 nitrogen and oxygen atoms in total. The van der Waals surface area contributed by atoms with Crippen molar-refractivity contribution in [1.82, 2.24) is 0 Å². The number of benzene rings is 1. The maximum atomic E-state index is 13.2. The molecule has 0 heterocycles. The number of hydrogen-bond donors (Lipinski definition) is 1. The molecular formula is C8H6BrClFNO. The predicted molar refractivity (Wildman–Crippen MR) is 52.9 cm³/mol. The molecule has 0 aliphatic carbocycles. The molecule has 1 rings (SSSR count). The van der Waals surface area contributed by atoms with Gasteiger partial charge in [-0.2, -0.15) is 0 Å². The van der Waals surface area contributed by atoms with Crippen LogP contribution in [0.1, 0.15) is 5.56 Å². The second-order valence-corrected chi connectivity index (χ2v) is 3.54. The Morgan fingerprint density at radius 3 is 2.77 bits per heavy atom. The highest BCUT2D eigenvalue weighted by atomic mass is 79.9. The largest absolute Gasteiger partial charge is 0.481 e. The van der Waals surface area contributed by atoms with Gasteiger partial charge in [-0.15, -0.1) is 0 Å². The maximum absolute atomic E-state index is 13.2. The van der Waals surface area contributed by atoms with Crippen molar-refractivity contribution in [3.8, 4) is 0 Å². The molecule has 0 atom stereocenters. The van der Waals surface area contributed by atoms with Crippen molar-refractivity contribution in [2.75, 3.05) is 7.11 Å². The first-order valence-corrected chi connectivity index (χ1v) is 4.50. The van der Waals surface area contributed by atoms with Gasteiger partial charge in [0.15, 0.2) is 0 Å². The van der Waals surface area contributed by atoms with E-state index >= 15 is 0 Å². The van der Waals surface area contributed by atoms with Crippen LogP contribution in [-0.4, -0.2) is 13.0 Å². The van der Waals surface area contributed by atoms with Gasteiger partial charge in [0.05, 0.1) is 17.7 Å². The SMILES string of the molecule is COC(=N)c1cc(Cl)c(Br)cc1F. The molecule has 0 aliphatic heterocycles. The van der Waals surface area contributed by atoms with Crippen molar-refractivity contribution in [1.29, 1.82) is 5.41 Å². The average molecular weight is 266 g/mol. The molecule has 0 bridgehead atoms. The Kier molecular flexibility index (Phi) is 3.27. The fraction of sp³-hybridized carbons (Fsp3) is 0.125. The molecule has 0 radical (unpaired) electrons. The summed E-state index contributed by atoms with van der Waals surface area (Å²) < 4.78 is 18.2. The van der Waals surface area contributed by atoms with Crippen LogP contribution in [0, 0.1) is 11.2 Å². The zero-order chi connectivity index (χ0) is 10.0. The van der Waals surface area contributed by atoms with Crippen LogP contribution in [0.5, 0.6) is 0 Å². The first-order chi connectivity index (χ1) is 6.06. The van der Waals surface area contributed by atoms with Gasteiger partial charge in [-0.05, 0) is 28.1 Å². The van der Waals surface area contributed by atoms with Crippen LogP contribution in [0.3, 0.4) is 0 Å². The van der Waals surface area contributed by atoms with E-state index in [1.165, 1.54) is 19.2 Å². The molecule has 70 valence electrons. The summed E-state index contributed by atoms with van der Waals surface area (Å²) in [6.07, 6.45) is 0. The van der Waals surface area contributed by atoms with Crippen molar-refractivity contribution < 1.29 is 9.13 Å². The van der Waals surface area contributed by atoms with Gasteiger partial charge in [-0.3, -0.25) is 5.41 Å². The normalized spacial score (nSPS) is 9.85. The summed E-state index contributed by atoms with van der Waals surface area (Å²) in [5, 5.41) is 7.60. The lowest BCUT2D eigenvalue weighted by molar-refractivity contribution is 0.398. The van der Waals surface area contributed by atoms with E-state index in [4.69, 9.17) is 17.0 Å². The molecular weight excluding hydrogens is 260 g/mol. The number of rotatable bonds is 1. The van der Waals surface area contributed by atoms with Gasteiger partial charge in [0.2, 0.25) is 5.90 Å². The van der Waals surface area contributed by atoms with Crippen LogP contribution in [0.4, 0.5) is 4.39 Å². The minimum absolute atomic E-state index is 0.0516. The second-order valence-electron chi connectivity index (χ2n) is 2.28. The number of ether oxygens (including phenoxy) is 1. The molecule has 0 unspecified atom stereocenters. The lowest BCUT2D eigenvalue weighted by Gasteiger charge is -2.05. The van der Waals surface area contributed by atoms with Gasteiger partial charge in [0.25, 0.3) is 0 Å². The first-order valence-electron chi connectivity index (χ1n) is 3.33. The van der Waals surface area contributed by atoms with E-state index in [9.17, 15) is 4.39 Å². The Morgan fingerprint density at radius 1 is 1.62 bits per heavy atom. The Hall–Kier alpha value is -0.610. The fourth-order valence-electron chi connectivity index (χ4n) is 0.807. The standard InChI is InChI=1S/C8H6BrClFNO/c1-13-8(12)4-2-6(10)5(9)3-7(4)11/h2-3,12H,1H3. The smallest absolute Gasteiger partial charge is 0.215 e. The molecule has 1 aromatic carbocycles. The zero-order valence-corrected chi connectivity index (χ0v) is 9.04. The third kappa shape index (κ3) is 2.19. The third-order valence-electron chi connectivity index (χ3n) is 1.46. The van der Waals surface area contributed by atoms with Crippen molar-refractivity contribution in [3.63, 3.8) is 0 Å². The fourth-order valence-corrected chi connectivity index (χ4v) is 1.29. The Balaban J connectivity index is 3.23. The second kappa shape index (κ2) is 4.07. The summed E-state index contributed by atoms with van der Waals surface area (Å²) in [5.41, 5.74) is 0.0516. The molecule has 0 aromatic heterocycles. The van der Waals surface area contributed by atoms with Crippen molar-refractivity contribution in [3.05, 3.63) is 33.0 Å². The summed E-state index contributed by atoms with van der Waals surface area (Å²) in [4.78, 5) is 0. The minimum Gasteiger partial charge on any atom is -0.481 e. The van der Waals surface area contributed by atoms with Crippen LogP contribution in [0.15, 0.2) is 16.6 Å². The van der Waals surface area contributed by atoms with Gasteiger partial charge >= 0.3 is 0 Å². The van der Waals surface area contributed by atoms with Crippen molar-refractivity contribution in [2.24, 2.45) is 0 Å². The lowest BCUT2D eigenvalue weighted by atomic mass is 10.2. The highest BCUT2D eigenvalue weighted by Crippen LogP contribution is 2.25. The molecule has 0 aliphatic rings. The third-order valence-corrected chi connectivity index (χ3v) is 2.66. The van der Waals surface area contributed by atoms with Crippen LogP contribution in [-0.2, 0) is 4.74 Å². The molecule has 0 amide bonds. The Morgan fingerprint density at radius 2 is 2.23 bits per heavy atom. The Bertz CT molecular complexity index is 356. The lowest BCUT2D eigenvalue weighted by Crippen LogP contribution is -2.04. The molecule has 1 N–H and O–H groups in total. The number of hydrogen-bond acceptors (Lipinski definition) is 2. The number of nitrogens with one attached hydrogen (secondary N) is 1. The van der Waals surface area contributed by atoms with Gasteiger partial charge in [0.1, 0.15) is 5.82 Å². The average Bonchev–Trinajstić information content (AvgIpc) is 2.10. The van der Waals surface area contributed by atoms with Crippen molar-refractivity contribution >= 4 is 33.4 Å².